The maximum atomic E-state index is 13.8. The Kier molecular flexibility index (Phi) is 3.86. The second-order valence-electron chi connectivity index (χ2n) is 5.69. The lowest BCUT2D eigenvalue weighted by Crippen LogP contribution is -2.23. The first-order valence-electron chi connectivity index (χ1n) is 7.59. The SMILES string of the molecule is O=C1C[C@H](c2noc(-c3ccccc3F)n2)CN1Cc1cccs1. The number of hydrogen-bond donors (Lipinski definition) is 0. The molecule has 1 atom stereocenters. The van der Waals surface area contributed by atoms with Gasteiger partial charge in [-0.3, -0.25) is 4.79 Å². The van der Waals surface area contributed by atoms with Crippen molar-refractivity contribution in [2.75, 3.05) is 6.54 Å². The van der Waals surface area contributed by atoms with E-state index >= 15 is 0 Å². The van der Waals surface area contributed by atoms with Crippen molar-refractivity contribution in [2.24, 2.45) is 0 Å². The van der Waals surface area contributed by atoms with Gasteiger partial charge in [0, 0.05) is 23.8 Å². The Hall–Kier alpha value is -2.54. The molecule has 1 saturated heterocycles. The molecule has 0 N–H and O–H groups in total. The van der Waals surface area contributed by atoms with Crippen molar-refractivity contribution in [3.8, 4) is 11.5 Å². The molecule has 0 aliphatic carbocycles. The van der Waals surface area contributed by atoms with E-state index in [0.717, 1.165) is 4.88 Å². The summed E-state index contributed by atoms with van der Waals surface area (Å²) in [5, 5.41) is 5.95. The molecule has 1 aliphatic rings. The molecule has 4 rings (SSSR count). The third kappa shape index (κ3) is 2.82. The highest BCUT2D eigenvalue weighted by Gasteiger charge is 2.34. The Bertz CT molecular complexity index is 862. The van der Waals surface area contributed by atoms with Crippen LogP contribution in [0.3, 0.4) is 0 Å². The first-order valence-corrected chi connectivity index (χ1v) is 8.47. The van der Waals surface area contributed by atoms with Crippen LogP contribution in [0.25, 0.3) is 11.5 Å². The van der Waals surface area contributed by atoms with Crippen LogP contribution in [0.1, 0.15) is 23.0 Å². The first-order chi connectivity index (χ1) is 11.7. The molecule has 7 heteroatoms. The van der Waals surface area contributed by atoms with E-state index in [2.05, 4.69) is 10.1 Å². The molecule has 122 valence electrons. The Morgan fingerprint density at radius 3 is 2.96 bits per heavy atom. The largest absolute Gasteiger partial charge is 0.337 e. The van der Waals surface area contributed by atoms with Crippen molar-refractivity contribution in [1.82, 2.24) is 15.0 Å². The fraction of sp³-hybridized carbons (Fsp3) is 0.235. The standard InChI is InChI=1S/C17H14FN3O2S/c18-14-6-2-1-5-13(14)17-19-16(20-23-17)11-8-15(22)21(9-11)10-12-4-3-7-24-12/h1-7,11H,8-10H2/t11-/m0/s1. The van der Waals surface area contributed by atoms with Crippen LogP contribution in [0, 0.1) is 5.82 Å². The van der Waals surface area contributed by atoms with Crippen molar-refractivity contribution in [3.05, 3.63) is 58.3 Å². The van der Waals surface area contributed by atoms with Gasteiger partial charge in [-0.1, -0.05) is 23.4 Å². The lowest BCUT2D eigenvalue weighted by Gasteiger charge is -2.14. The molecule has 0 saturated carbocycles. The Morgan fingerprint density at radius 2 is 2.17 bits per heavy atom. The smallest absolute Gasteiger partial charge is 0.260 e. The van der Waals surface area contributed by atoms with E-state index in [1.165, 1.54) is 6.07 Å². The maximum Gasteiger partial charge on any atom is 0.260 e. The summed E-state index contributed by atoms with van der Waals surface area (Å²) in [4.78, 5) is 19.4. The molecule has 3 heterocycles. The van der Waals surface area contributed by atoms with Crippen LogP contribution in [-0.4, -0.2) is 27.5 Å². The Balaban J connectivity index is 1.51. The molecule has 5 nitrogen and oxygen atoms in total. The van der Waals surface area contributed by atoms with Crippen molar-refractivity contribution in [3.63, 3.8) is 0 Å². The van der Waals surface area contributed by atoms with E-state index in [-0.39, 0.29) is 23.3 Å². The van der Waals surface area contributed by atoms with Crippen LogP contribution in [-0.2, 0) is 11.3 Å². The molecule has 24 heavy (non-hydrogen) atoms. The van der Waals surface area contributed by atoms with Crippen molar-refractivity contribution in [1.29, 1.82) is 0 Å². The number of rotatable bonds is 4. The number of carbonyl (C=O) groups excluding carboxylic acids is 1. The lowest BCUT2D eigenvalue weighted by molar-refractivity contribution is -0.128. The van der Waals surface area contributed by atoms with Gasteiger partial charge in [0.05, 0.1) is 12.1 Å². The molecule has 3 aromatic rings. The summed E-state index contributed by atoms with van der Waals surface area (Å²) in [6.45, 7) is 1.15. The zero-order valence-electron chi connectivity index (χ0n) is 12.7. The Morgan fingerprint density at radius 1 is 1.29 bits per heavy atom. The van der Waals surface area contributed by atoms with Crippen molar-refractivity contribution >= 4 is 17.2 Å². The van der Waals surface area contributed by atoms with Crippen LogP contribution >= 0.6 is 11.3 Å². The number of carbonyl (C=O) groups is 1. The van der Waals surface area contributed by atoms with Gasteiger partial charge in [0.25, 0.3) is 5.89 Å². The third-order valence-corrected chi connectivity index (χ3v) is 4.91. The summed E-state index contributed by atoms with van der Waals surface area (Å²) in [7, 11) is 0. The average molecular weight is 343 g/mol. The van der Waals surface area contributed by atoms with E-state index < -0.39 is 5.82 Å². The van der Waals surface area contributed by atoms with Crippen LogP contribution in [0.4, 0.5) is 4.39 Å². The zero-order valence-corrected chi connectivity index (χ0v) is 13.5. The summed E-state index contributed by atoms with van der Waals surface area (Å²) in [5.41, 5.74) is 0.274. The summed E-state index contributed by atoms with van der Waals surface area (Å²) >= 11 is 1.63. The molecule has 1 amide bonds. The minimum atomic E-state index is -0.408. The number of aromatic nitrogens is 2. The fourth-order valence-electron chi connectivity index (χ4n) is 2.83. The van der Waals surface area contributed by atoms with E-state index in [4.69, 9.17) is 4.52 Å². The van der Waals surface area contributed by atoms with Gasteiger partial charge in [0.1, 0.15) is 5.82 Å². The predicted molar refractivity (Wildman–Crippen MR) is 86.8 cm³/mol. The molecule has 1 aromatic carbocycles. The van der Waals surface area contributed by atoms with Crippen LogP contribution in [0.5, 0.6) is 0 Å². The van der Waals surface area contributed by atoms with E-state index in [1.54, 1.807) is 34.4 Å². The highest BCUT2D eigenvalue weighted by molar-refractivity contribution is 7.09. The minimum absolute atomic E-state index is 0.0747. The Labute approximate surface area is 141 Å². The molecular formula is C17H14FN3O2S. The van der Waals surface area contributed by atoms with E-state index in [9.17, 15) is 9.18 Å². The van der Waals surface area contributed by atoms with Gasteiger partial charge in [-0.2, -0.15) is 4.98 Å². The van der Waals surface area contributed by atoms with Gasteiger partial charge in [0.2, 0.25) is 5.91 Å². The van der Waals surface area contributed by atoms with Gasteiger partial charge in [-0.25, -0.2) is 4.39 Å². The highest BCUT2D eigenvalue weighted by Crippen LogP contribution is 2.30. The quantitative estimate of drug-likeness (QED) is 0.728. The predicted octanol–water partition coefficient (Wildman–Crippen LogP) is 3.45. The number of amides is 1. The molecule has 1 fully saturated rings. The average Bonchev–Trinajstić information content (AvgIpc) is 3.30. The molecular weight excluding hydrogens is 329 g/mol. The monoisotopic (exact) mass is 343 g/mol. The third-order valence-electron chi connectivity index (χ3n) is 4.05. The minimum Gasteiger partial charge on any atom is -0.337 e. The number of likely N-dealkylation sites (tertiary alicyclic amines) is 1. The van der Waals surface area contributed by atoms with E-state index in [0.29, 0.717) is 25.3 Å². The van der Waals surface area contributed by atoms with Gasteiger partial charge in [-0.05, 0) is 23.6 Å². The number of hydrogen-bond acceptors (Lipinski definition) is 5. The molecule has 1 aliphatic heterocycles. The number of nitrogens with zero attached hydrogens (tertiary/aromatic N) is 3. The summed E-state index contributed by atoms with van der Waals surface area (Å²) in [5.74, 6) is 0.143. The summed E-state index contributed by atoms with van der Waals surface area (Å²) in [6.07, 6.45) is 0.349. The van der Waals surface area contributed by atoms with E-state index in [1.807, 2.05) is 17.5 Å². The van der Waals surface area contributed by atoms with Gasteiger partial charge >= 0.3 is 0 Å². The highest BCUT2D eigenvalue weighted by atomic mass is 32.1. The topological polar surface area (TPSA) is 59.2 Å². The summed E-state index contributed by atoms with van der Waals surface area (Å²) in [6, 6.07) is 10.2. The normalized spacial score (nSPS) is 17.6. The molecule has 2 aromatic heterocycles. The lowest BCUT2D eigenvalue weighted by atomic mass is 10.1. The second-order valence-corrected chi connectivity index (χ2v) is 6.72. The zero-order chi connectivity index (χ0) is 16.5. The molecule has 0 unspecified atom stereocenters. The molecule has 0 radical (unpaired) electrons. The maximum absolute atomic E-state index is 13.8. The first kappa shape index (κ1) is 15.0. The van der Waals surface area contributed by atoms with Crippen LogP contribution in [0.15, 0.2) is 46.3 Å². The molecule has 0 spiro atoms. The number of benzene rings is 1. The number of thiophene rings is 1. The van der Waals surface area contributed by atoms with Crippen molar-refractivity contribution < 1.29 is 13.7 Å². The van der Waals surface area contributed by atoms with Crippen molar-refractivity contribution in [2.45, 2.75) is 18.9 Å². The van der Waals surface area contributed by atoms with Gasteiger partial charge in [-0.15, -0.1) is 11.3 Å². The van der Waals surface area contributed by atoms with Gasteiger partial charge < -0.3 is 9.42 Å². The fourth-order valence-corrected chi connectivity index (χ4v) is 3.55. The van der Waals surface area contributed by atoms with Crippen LogP contribution < -0.4 is 0 Å². The number of halogens is 1. The molecule has 0 bridgehead atoms. The van der Waals surface area contributed by atoms with Gasteiger partial charge in [0.15, 0.2) is 5.82 Å². The summed E-state index contributed by atoms with van der Waals surface area (Å²) < 4.78 is 19.0. The van der Waals surface area contributed by atoms with Crippen LogP contribution in [0.2, 0.25) is 0 Å². The second kappa shape index (κ2) is 6.16.